The number of hydrogen-bond acceptors (Lipinski definition) is 6. The zero-order valence-corrected chi connectivity index (χ0v) is 18.5. The van der Waals surface area contributed by atoms with Crippen LogP contribution in [0.15, 0.2) is 12.7 Å². The van der Waals surface area contributed by atoms with Crippen LogP contribution in [0.3, 0.4) is 0 Å². The smallest absolute Gasteiger partial charge is 0.310 e. The Morgan fingerprint density at radius 3 is 2.69 bits per heavy atom. The summed E-state index contributed by atoms with van der Waals surface area (Å²) in [6.45, 7) is 11.6. The minimum absolute atomic E-state index is 0.00298. The van der Waals surface area contributed by atoms with E-state index in [0.29, 0.717) is 13.0 Å². The number of nitrogens with zero attached hydrogens (tertiary/aromatic N) is 2. The summed E-state index contributed by atoms with van der Waals surface area (Å²) in [4.78, 5) is 43.3. The lowest BCUT2D eigenvalue weighted by molar-refractivity contribution is -0.154. The molecule has 2 amide bonds. The molecule has 3 aliphatic heterocycles. The van der Waals surface area contributed by atoms with Gasteiger partial charge in [-0.15, -0.1) is 18.3 Å². The van der Waals surface area contributed by atoms with Crippen LogP contribution in [-0.2, 0) is 19.1 Å². The average molecular weight is 425 g/mol. The third kappa shape index (κ3) is 3.28. The molecule has 1 N–H and O–H groups in total. The second kappa shape index (κ2) is 8.30. The van der Waals surface area contributed by atoms with Crippen molar-refractivity contribution < 1.29 is 24.2 Å². The van der Waals surface area contributed by atoms with Gasteiger partial charge in [0.25, 0.3) is 0 Å². The largest absolute Gasteiger partial charge is 0.466 e. The third-order valence-corrected chi connectivity index (χ3v) is 8.45. The lowest BCUT2D eigenvalue weighted by Gasteiger charge is -2.40. The summed E-state index contributed by atoms with van der Waals surface area (Å²) in [5.41, 5.74) is 0. The summed E-state index contributed by atoms with van der Waals surface area (Å²) in [5.74, 6) is -1.79. The van der Waals surface area contributed by atoms with Crippen LogP contribution >= 0.6 is 11.8 Å². The van der Waals surface area contributed by atoms with E-state index in [1.807, 2.05) is 13.8 Å². The SMILES string of the molecule is C=CCN(C(=O)C1N([C@H](C)CO)C(=O)[C@@H]2[C@H](C(=O)OCC)[C@@H]3CCC12S3)C(C)C. The molecule has 0 aliphatic carbocycles. The fourth-order valence-electron chi connectivity index (χ4n) is 5.29. The van der Waals surface area contributed by atoms with Gasteiger partial charge in [0.2, 0.25) is 11.8 Å². The van der Waals surface area contributed by atoms with Crippen molar-refractivity contribution in [3.05, 3.63) is 12.7 Å². The summed E-state index contributed by atoms with van der Waals surface area (Å²) in [6, 6.07) is -1.25. The predicted octanol–water partition coefficient (Wildman–Crippen LogP) is 1.44. The molecule has 3 rings (SSSR count). The number of carbonyl (C=O) groups is 3. The van der Waals surface area contributed by atoms with E-state index >= 15 is 0 Å². The molecule has 2 unspecified atom stereocenters. The van der Waals surface area contributed by atoms with E-state index in [4.69, 9.17) is 4.74 Å². The predicted molar refractivity (Wildman–Crippen MR) is 111 cm³/mol. The minimum atomic E-state index is -0.695. The molecule has 2 bridgehead atoms. The van der Waals surface area contributed by atoms with Crippen molar-refractivity contribution in [3.8, 4) is 0 Å². The van der Waals surface area contributed by atoms with E-state index in [-0.39, 0.29) is 42.3 Å². The molecule has 162 valence electrons. The molecular weight excluding hydrogens is 392 g/mol. The molecule has 7 nitrogen and oxygen atoms in total. The molecule has 3 fully saturated rings. The standard InChI is InChI=1S/C21H32N2O5S/c1-6-10-22(12(3)4)19(26)17-21-9-8-14(29-21)15(20(27)28-7-2)16(21)18(25)23(17)13(5)11-24/h6,12-17,24H,1,7-11H2,2-5H3/t13-,14+,15-,16+,17?,21?/m1/s1. The van der Waals surface area contributed by atoms with Gasteiger partial charge in [-0.3, -0.25) is 14.4 Å². The summed E-state index contributed by atoms with van der Waals surface area (Å²) < 4.78 is 4.65. The number of thioether (sulfide) groups is 1. The monoisotopic (exact) mass is 424 g/mol. The average Bonchev–Trinajstić information content (AvgIpc) is 3.32. The Hall–Kier alpha value is -1.54. The molecule has 0 aromatic carbocycles. The van der Waals surface area contributed by atoms with Crippen LogP contribution in [0.4, 0.5) is 0 Å². The van der Waals surface area contributed by atoms with Crippen molar-refractivity contribution in [1.82, 2.24) is 9.80 Å². The first-order valence-corrected chi connectivity index (χ1v) is 11.3. The van der Waals surface area contributed by atoms with Crippen LogP contribution < -0.4 is 0 Å². The molecule has 29 heavy (non-hydrogen) atoms. The second-order valence-electron chi connectivity index (χ2n) is 8.46. The molecular formula is C21H32N2O5S. The van der Waals surface area contributed by atoms with Gasteiger partial charge in [0.15, 0.2) is 0 Å². The van der Waals surface area contributed by atoms with Crippen LogP contribution in [0.2, 0.25) is 0 Å². The quantitative estimate of drug-likeness (QED) is 0.469. The van der Waals surface area contributed by atoms with Crippen molar-refractivity contribution in [2.24, 2.45) is 11.8 Å². The van der Waals surface area contributed by atoms with Gasteiger partial charge in [0.05, 0.1) is 35.8 Å². The molecule has 0 aromatic heterocycles. The number of amides is 2. The van der Waals surface area contributed by atoms with Crippen LogP contribution in [0.1, 0.15) is 40.5 Å². The summed E-state index contributed by atoms with van der Waals surface area (Å²) in [6.07, 6.45) is 3.18. The summed E-state index contributed by atoms with van der Waals surface area (Å²) >= 11 is 1.61. The third-order valence-electron chi connectivity index (χ3n) is 6.50. The number of ether oxygens (including phenoxy) is 1. The van der Waals surface area contributed by atoms with E-state index in [9.17, 15) is 19.5 Å². The Balaban J connectivity index is 2.06. The molecule has 3 saturated heterocycles. The first-order chi connectivity index (χ1) is 13.7. The van der Waals surface area contributed by atoms with E-state index in [0.717, 1.165) is 6.42 Å². The maximum Gasteiger partial charge on any atom is 0.310 e. The Labute approximate surface area is 176 Å². The highest BCUT2D eigenvalue weighted by Gasteiger charge is 2.74. The molecule has 0 aromatic rings. The lowest BCUT2D eigenvalue weighted by atomic mass is 9.71. The Kier molecular flexibility index (Phi) is 6.34. The number of hydrogen-bond donors (Lipinski definition) is 1. The number of rotatable bonds is 8. The van der Waals surface area contributed by atoms with Gasteiger partial charge in [-0.25, -0.2) is 0 Å². The van der Waals surface area contributed by atoms with Gasteiger partial charge < -0.3 is 19.6 Å². The molecule has 6 atom stereocenters. The van der Waals surface area contributed by atoms with Gasteiger partial charge in [0, 0.05) is 17.8 Å². The summed E-state index contributed by atoms with van der Waals surface area (Å²) in [7, 11) is 0. The van der Waals surface area contributed by atoms with Gasteiger partial charge >= 0.3 is 5.97 Å². The topological polar surface area (TPSA) is 87.2 Å². The molecule has 3 heterocycles. The highest BCUT2D eigenvalue weighted by molar-refractivity contribution is 8.02. The number of carbonyl (C=O) groups excluding carboxylic acids is 3. The zero-order chi connectivity index (χ0) is 21.5. The molecule has 3 aliphatic rings. The van der Waals surface area contributed by atoms with Gasteiger partial charge in [0.1, 0.15) is 6.04 Å². The lowest BCUT2D eigenvalue weighted by Crippen LogP contribution is -2.58. The van der Waals surface area contributed by atoms with Crippen molar-refractivity contribution in [2.45, 2.75) is 68.7 Å². The molecule has 8 heteroatoms. The Morgan fingerprint density at radius 1 is 1.45 bits per heavy atom. The van der Waals surface area contributed by atoms with E-state index in [1.165, 1.54) is 0 Å². The second-order valence-corrected chi connectivity index (χ2v) is 10.1. The minimum Gasteiger partial charge on any atom is -0.466 e. The number of aliphatic hydroxyl groups is 1. The van der Waals surface area contributed by atoms with Crippen LogP contribution in [0.25, 0.3) is 0 Å². The number of fused-ring (bicyclic) bond motifs is 1. The maximum atomic E-state index is 13.8. The molecule has 0 saturated carbocycles. The van der Waals surface area contributed by atoms with Crippen LogP contribution in [0.5, 0.6) is 0 Å². The fraction of sp³-hybridized carbons (Fsp3) is 0.762. The number of likely N-dealkylation sites (tertiary alicyclic amines) is 1. The van der Waals surface area contributed by atoms with Gasteiger partial charge in [-0.2, -0.15) is 0 Å². The van der Waals surface area contributed by atoms with E-state index in [1.54, 1.807) is 41.5 Å². The molecule has 0 radical (unpaired) electrons. The van der Waals surface area contributed by atoms with E-state index < -0.39 is 28.7 Å². The normalized spacial score (nSPS) is 33.7. The first-order valence-electron chi connectivity index (χ1n) is 10.4. The van der Waals surface area contributed by atoms with Crippen molar-refractivity contribution in [1.29, 1.82) is 0 Å². The summed E-state index contributed by atoms with van der Waals surface area (Å²) in [5, 5.41) is 9.82. The van der Waals surface area contributed by atoms with Crippen molar-refractivity contribution in [3.63, 3.8) is 0 Å². The van der Waals surface area contributed by atoms with Gasteiger partial charge in [-0.05, 0) is 40.5 Å². The van der Waals surface area contributed by atoms with Crippen molar-refractivity contribution >= 4 is 29.5 Å². The molecule has 1 spiro atoms. The number of aliphatic hydroxyl groups excluding tert-OH is 1. The highest BCUT2D eigenvalue weighted by atomic mass is 32.2. The van der Waals surface area contributed by atoms with Gasteiger partial charge in [-0.1, -0.05) is 6.08 Å². The number of esters is 1. The Bertz CT molecular complexity index is 699. The zero-order valence-electron chi connectivity index (χ0n) is 17.7. The van der Waals surface area contributed by atoms with Crippen LogP contribution in [-0.4, -0.2) is 80.6 Å². The first kappa shape index (κ1) is 22.2. The fourth-order valence-corrected chi connectivity index (χ4v) is 7.48. The maximum absolute atomic E-state index is 13.8. The van der Waals surface area contributed by atoms with Crippen LogP contribution in [0, 0.1) is 11.8 Å². The van der Waals surface area contributed by atoms with E-state index in [2.05, 4.69) is 6.58 Å². The van der Waals surface area contributed by atoms with Crippen molar-refractivity contribution in [2.75, 3.05) is 19.8 Å². The Morgan fingerprint density at radius 2 is 2.14 bits per heavy atom. The highest BCUT2D eigenvalue weighted by Crippen LogP contribution is 2.66.